The maximum absolute atomic E-state index is 5.64. The van der Waals surface area contributed by atoms with Crippen molar-refractivity contribution in [1.82, 2.24) is 10.2 Å². The Morgan fingerprint density at radius 1 is 1.24 bits per heavy atom. The Labute approximate surface area is 106 Å². The van der Waals surface area contributed by atoms with E-state index in [1.165, 1.54) is 32.5 Å². The molecule has 3 nitrogen and oxygen atoms in total. The van der Waals surface area contributed by atoms with Gasteiger partial charge in [0.25, 0.3) is 0 Å². The van der Waals surface area contributed by atoms with Gasteiger partial charge in [0.05, 0.1) is 6.61 Å². The SMILES string of the molecule is CNC1CCOCC1CN1CC(C)CC(C)C1. The summed E-state index contributed by atoms with van der Waals surface area (Å²) in [7, 11) is 2.09. The highest BCUT2D eigenvalue weighted by Crippen LogP contribution is 2.23. The summed E-state index contributed by atoms with van der Waals surface area (Å²) in [4.78, 5) is 2.66. The Hall–Kier alpha value is -0.120. The average Bonchev–Trinajstić information content (AvgIpc) is 2.28. The van der Waals surface area contributed by atoms with E-state index < -0.39 is 0 Å². The molecule has 2 aliphatic rings. The van der Waals surface area contributed by atoms with E-state index in [0.29, 0.717) is 12.0 Å². The van der Waals surface area contributed by atoms with Gasteiger partial charge in [-0.05, 0) is 31.7 Å². The van der Waals surface area contributed by atoms with E-state index in [0.717, 1.165) is 25.0 Å². The van der Waals surface area contributed by atoms with Crippen molar-refractivity contribution >= 4 is 0 Å². The molecule has 0 aromatic rings. The monoisotopic (exact) mass is 240 g/mol. The molecule has 0 radical (unpaired) electrons. The van der Waals surface area contributed by atoms with Crippen molar-refractivity contribution in [3.8, 4) is 0 Å². The number of ether oxygens (including phenoxy) is 1. The highest BCUT2D eigenvalue weighted by molar-refractivity contribution is 4.83. The summed E-state index contributed by atoms with van der Waals surface area (Å²) >= 11 is 0. The average molecular weight is 240 g/mol. The zero-order valence-corrected chi connectivity index (χ0v) is 11.6. The predicted molar refractivity (Wildman–Crippen MR) is 71.2 cm³/mol. The standard InChI is InChI=1S/C14H28N2O/c1-11-6-12(2)8-16(7-11)9-13-10-17-5-4-14(13)15-3/h11-15H,4-10H2,1-3H3. The van der Waals surface area contributed by atoms with Gasteiger partial charge >= 0.3 is 0 Å². The van der Waals surface area contributed by atoms with Crippen LogP contribution in [0.4, 0.5) is 0 Å². The fourth-order valence-corrected chi connectivity index (χ4v) is 3.63. The summed E-state index contributed by atoms with van der Waals surface area (Å²) in [6.45, 7) is 10.4. The maximum Gasteiger partial charge on any atom is 0.0521 e. The molecule has 0 aromatic carbocycles. The smallest absolute Gasteiger partial charge is 0.0521 e. The normalized spacial score (nSPS) is 40.4. The van der Waals surface area contributed by atoms with Gasteiger partial charge in [0.15, 0.2) is 0 Å². The van der Waals surface area contributed by atoms with Gasteiger partial charge in [0.2, 0.25) is 0 Å². The minimum absolute atomic E-state index is 0.649. The lowest BCUT2D eigenvalue weighted by atomic mass is 9.89. The summed E-state index contributed by atoms with van der Waals surface area (Å²) < 4.78 is 5.64. The first-order chi connectivity index (χ1) is 8.19. The van der Waals surface area contributed by atoms with Gasteiger partial charge in [-0.2, -0.15) is 0 Å². The molecule has 0 amide bonds. The largest absolute Gasteiger partial charge is 0.381 e. The fourth-order valence-electron chi connectivity index (χ4n) is 3.63. The number of nitrogens with zero attached hydrogens (tertiary/aromatic N) is 1. The summed E-state index contributed by atoms with van der Waals surface area (Å²) in [6.07, 6.45) is 2.56. The summed E-state index contributed by atoms with van der Waals surface area (Å²) in [5.41, 5.74) is 0. The lowest BCUT2D eigenvalue weighted by Crippen LogP contribution is -2.49. The van der Waals surface area contributed by atoms with Gasteiger partial charge < -0.3 is 15.0 Å². The van der Waals surface area contributed by atoms with Crippen LogP contribution in [-0.2, 0) is 4.74 Å². The molecule has 1 N–H and O–H groups in total. The number of hydrogen-bond acceptors (Lipinski definition) is 3. The van der Waals surface area contributed by atoms with Crippen LogP contribution in [0.2, 0.25) is 0 Å². The van der Waals surface area contributed by atoms with Gasteiger partial charge in [-0.15, -0.1) is 0 Å². The van der Waals surface area contributed by atoms with Gasteiger partial charge in [-0.25, -0.2) is 0 Å². The lowest BCUT2D eigenvalue weighted by molar-refractivity contribution is 0.00840. The fraction of sp³-hybridized carbons (Fsp3) is 1.00. The van der Waals surface area contributed by atoms with Crippen LogP contribution in [0.5, 0.6) is 0 Å². The Morgan fingerprint density at radius 3 is 2.59 bits per heavy atom. The van der Waals surface area contributed by atoms with Crippen LogP contribution in [0.15, 0.2) is 0 Å². The van der Waals surface area contributed by atoms with Crippen LogP contribution in [0.1, 0.15) is 26.7 Å². The molecule has 0 aliphatic carbocycles. The minimum atomic E-state index is 0.649. The van der Waals surface area contributed by atoms with E-state index >= 15 is 0 Å². The molecule has 2 aliphatic heterocycles. The van der Waals surface area contributed by atoms with Crippen molar-refractivity contribution in [3.63, 3.8) is 0 Å². The van der Waals surface area contributed by atoms with Gasteiger partial charge in [-0.1, -0.05) is 13.8 Å². The third-order valence-electron chi connectivity index (χ3n) is 4.28. The second-order valence-electron chi connectivity index (χ2n) is 6.18. The minimum Gasteiger partial charge on any atom is -0.381 e. The molecule has 4 atom stereocenters. The number of nitrogens with one attached hydrogen (secondary N) is 1. The van der Waals surface area contributed by atoms with Crippen molar-refractivity contribution in [2.24, 2.45) is 17.8 Å². The molecule has 0 aromatic heterocycles. The third kappa shape index (κ3) is 3.67. The Kier molecular flexibility index (Phi) is 4.83. The number of likely N-dealkylation sites (tertiary alicyclic amines) is 1. The zero-order valence-electron chi connectivity index (χ0n) is 11.6. The quantitative estimate of drug-likeness (QED) is 0.811. The van der Waals surface area contributed by atoms with Crippen molar-refractivity contribution in [2.45, 2.75) is 32.7 Å². The Bertz CT molecular complexity index is 224. The van der Waals surface area contributed by atoms with Gasteiger partial charge in [0.1, 0.15) is 0 Å². The number of hydrogen-bond donors (Lipinski definition) is 1. The zero-order chi connectivity index (χ0) is 12.3. The first kappa shape index (κ1) is 13.3. The number of rotatable bonds is 3. The first-order valence-electron chi connectivity index (χ1n) is 7.16. The number of piperidine rings is 1. The first-order valence-corrected chi connectivity index (χ1v) is 7.16. The molecular formula is C14H28N2O. The highest BCUT2D eigenvalue weighted by Gasteiger charge is 2.29. The van der Waals surface area contributed by atoms with E-state index in [4.69, 9.17) is 4.74 Å². The molecule has 0 bridgehead atoms. The van der Waals surface area contributed by atoms with E-state index in [1.54, 1.807) is 0 Å². The molecule has 2 saturated heterocycles. The van der Waals surface area contributed by atoms with Crippen LogP contribution < -0.4 is 5.32 Å². The Morgan fingerprint density at radius 2 is 1.94 bits per heavy atom. The molecule has 2 heterocycles. The Balaban J connectivity index is 1.85. The van der Waals surface area contributed by atoms with Gasteiger partial charge in [0, 0.05) is 38.2 Å². The molecule has 4 unspecified atom stereocenters. The second kappa shape index (κ2) is 6.17. The van der Waals surface area contributed by atoms with Crippen LogP contribution in [-0.4, -0.2) is 50.8 Å². The van der Waals surface area contributed by atoms with Crippen LogP contribution >= 0.6 is 0 Å². The van der Waals surface area contributed by atoms with E-state index in [9.17, 15) is 0 Å². The highest BCUT2D eigenvalue weighted by atomic mass is 16.5. The third-order valence-corrected chi connectivity index (χ3v) is 4.28. The van der Waals surface area contributed by atoms with Crippen LogP contribution in [0.3, 0.4) is 0 Å². The second-order valence-corrected chi connectivity index (χ2v) is 6.18. The van der Waals surface area contributed by atoms with E-state index in [2.05, 4.69) is 31.1 Å². The molecule has 2 fully saturated rings. The van der Waals surface area contributed by atoms with Crippen molar-refractivity contribution in [2.75, 3.05) is 39.9 Å². The molecular weight excluding hydrogens is 212 g/mol. The van der Waals surface area contributed by atoms with E-state index in [1.807, 2.05) is 0 Å². The summed E-state index contributed by atoms with van der Waals surface area (Å²) in [6, 6.07) is 0.649. The topological polar surface area (TPSA) is 24.5 Å². The van der Waals surface area contributed by atoms with E-state index in [-0.39, 0.29) is 0 Å². The maximum atomic E-state index is 5.64. The molecule has 100 valence electrons. The predicted octanol–water partition coefficient (Wildman–Crippen LogP) is 1.59. The molecule has 2 rings (SSSR count). The molecule has 0 saturated carbocycles. The molecule has 0 spiro atoms. The van der Waals surface area contributed by atoms with Crippen molar-refractivity contribution in [1.29, 1.82) is 0 Å². The summed E-state index contributed by atoms with van der Waals surface area (Å²) in [5.74, 6) is 2.39. The van der Waals surface area contributed by atoms with Crippen LogP contribution in [0.25, 0.3) is 0 Å². The van der Waals surface area contributed by atoms with Crippen molar-refractivity contribution in [3.05, 3.63) is 0 Å². The summed E-state index contributed by atoms with van der Waals surface area (Å²) in [5, 5.41) is 3.46. The van der Waals surface area contributed by atoms with Crippen LogP contribution in [0, 0.1) is 17.8 Å². The molecule has 17 heavy (non-hydrogen) atoms. The van der Waals surface area contributed by atoms with Gasteiger partial charge in [-0.3, -0.25) is 0 Å². The lowest BCUT2D eigenvalue weighted by Gasteiger charge is -2.40. The van der Waals surface area contributed by atoms with Crippen molar-refractivity contribution < 1.29 is 4.74 Å². The molecule has 3 heteroatoms.